The minimum absolute atomic E-state index is 0.195. The smallest absolute Gasteiger partial charge is 0.255 e. The van der Waals surface area contributed by atoms with Crippen LogP contribution >= 0.6 is 0 Å². The second kappa shape index (κ2) is 6.87. The first kappa shape index (κ1) is 16.4. The van der Waals surface area contributed by atoms with Gasteiger partial charge in [0.15, 0.2) is 11.6 Å². The highest BCUT2D eigenvalue weighted by Gasteiger charge is 2.13. The third kappa shape index (κ3) is 4.03. The molecule has 5 heteroatoms. The summed E-state index contributed by atoms with van der Waals surface area (Å²) in [6, 6.07) is 11.7. The fourth-order valence-corrected chi connectivity index (χ4v) is 2.12. The van der Waals surface area contributed by atoms with Gasteiger partial charge in [-0.25, -0.2) is 0 Å². The van der Waals surface area contributed by atoms with Gasteiger partial charge >= 0.3 is 0 Å². The van der Waals surface area contributed by atoms with Crippen molar-refractivity contribution < 1.29 is 14.4 Å². The first-order valence-corrected chi connectivity index (χ1v) is 7.17. The second-order valence-corrected chi connectivity index (χ2v) is 5.20. The molecule has 118 valence electrons. The summed E-state index contributed by atoms with van der Waals surface area (Å²) in [6.07, 6.45) is 0. The molecule has 23 heavy (non-hydrogen) atoms. The first-order chi connectivity index (χ1) is 10.9. The van der Waals surface area contributed by atoms with Crippen molar-refractivity contribution in [2.75, 3.05) is 17.7 Å². The summed E-state index contributed by atoms with van der Waals surface area (Å²) in [7, 11) is 1.79. The van der Waals surface area contributed by atoms with E-state index in [-0.39, 0.29) is 23.0 Å². The minimum Gasteiger partial charge on any atom is -0.388 e. The third-order valence-electron chi connectivity index (χ3n) is 3.42. The molecule has 5 nitrogen and oxygen atoms in total. The Morgan fingerprint density at radius 3 is 1.83 bits per heavy atom. The van der Waals surface area contributed by atoms with Gasteiger partial charge in [-0.05, 0) is 50.2 Å². The quantitative estimate of drug-likeness (QED) is 0.830. The first-order valence-electron chi connectivity index (χ1n) is 7.17. The number of carbonyl (C=O) groups excluding carboxylic acids is 3. The minimum atomic E-state index is -0.371. The predicted molar refractivity (Wildman–Crippen MR) is 90.4 cm³/mol. The van der Waals surface area contributed by atoms with E-state index in [0.29, 0.717) is 16.8 Å². The molecule has 0 unspecified atom stereocenters. The maximum Gasteiger partial charge on any atom is 0.255 e. The van der Waals surface area contributed by atoms with E-state index >= 15 is 0 Å². The number of nitrogens with one attached hydrogen (secondary N) is 2. The molecule has 0 atom stereocenters. The van der Waals surface area contributed by atoms with E-state index in [2.05, 4.69) is 10.6 Å². The average Bonchev–Trinajstić information content (AvgIpc) is 2.54. The van der Waals surface area contributed by atoms with Gasteiger partial charge in [-0.3, -0.25) is 14.4 Å². The SMILES string of the molecule is CNc1cccc(NC(=O)c2cc(C(C)=O)cc(C(C)=O)c2)c1. The number of hydrogen-bond donors (Lipinski definition) is 2. The molecule has 0 fully saturated rings. The van der Waals surface area contributed by atoms with Crippen molar-refractivity contribution in [3.8, 4) is 0 Å². The van der Waals surface area contributed by atoms with E-state index in [0.717, 1.165) is 5.69 Å². The number of hydrogen-bond acceptors (Lipinski definition) is 4. The van der Waals surface area contributed by atoms with Crippen LogP contribution in [0.1, 0.15) is 44.9 Å². The molecule has 0 saturated heterocycles. The lowest BCUT2D eigenvalue weighted by Gasteiger charge is -2.09. The van der Waals surface area contributed by atoms with Gasteiger partial charge in [0.05, 0.1) is 0 Å². The summed E-state index contributed by atoms with van der Waals surface area (Å²) in [5.41, 5.74) is 2.44. The summed E-state index contributed by atoms with van der Waals surface area (Å²) in [6.45, 7) is 2.80. The highest BCUT2D eigenvalue weighted by molar-refractivity contribution is 6.08. The molecule has 2 rings (SSSR count). The number of ketones is 2. The Bertz CT molecular complexity index is 749. The van der Waals surface area contributed by atoms with Crippen LogP contribution in [0.5, 0.6) is 0 Å². The van der Waals surface area contributed by atoms with Crippen LogP contribution in [0.4, 0.5) is 11.4 Å². The van der Waals surface area contributed by atoms with Crippen molar-refractivity contribution in [1.82, 2.24) is 0 Å². The van der Waals surface area contributed by atoms with Gasteiger partial charge in [-0.15, -0.1) is 0 Å². The zero-order valence-corrected chi connectivity index (χ0v) is 13.3. The molecule has 1 amide bonds. The summed E-state index contributed by atoms with van der Waals surface area (Å²) in [4.78, 5) is 35.6. The van der Waals surface area contributed by atoms with Crippen LogP contribution in [0.2, 0.25) is 0 Å². The molecular weight excluding hydrogens is 292 g/mol. The summed E-state index contributed by atoms with van der Waals surface area (Å²) in [5, 5.41) is 5.75. The van der Waals surface area contributed by atoms with E-state index in [1.807, 2.05) is 12.1 Å². The average molecular weight is 310 g/mol. The summed E-state index contributed by atoms with van der Waals surface area (Å²) >= 11 is 0. The van der Waals surface area contributed by atoms with Crippen LogP contribution in [0.3, 0.4) is 0 Å². The largest absolute Gasteiger partial charge is 0.388 e. The number of amides is 1. The Morgan fingerprint density at radius 2 is 1.30 bits per heavy atom. The van der Waals surface area contributed by atoms with E-state index in [9.17, 15) is 14.4 Å². The molecule has 2 aromatic rings. The maximum absolute atomic E-state index is 12.4. The van der Waals surface area contributed by atoms with Crippen LogP contribution in [0.25, 0.3) is 0 Å². The number of anilines is 2. The van der Waals surface area contributed by atoms with Crippen LogP contribution in [-0.4, -0.2) is 24.5 Å². The lowest BCUT2D eigenvalue weighted by molar-refractivity contribution is 0.101. The molecule has 0 aliphatic carbocycles. The fraction of sp³-hybridized carbons (Fsp3) is 0.167. The van der Waals surface area contributed by atoms with Crippen LogP contribution in [0, 0.1) is 0 Å². The van der Waals surface area contributed by atoms with E-state index in [1.54, 1.807) is 19.2 Å². The Balaban J connectivity index is 2.34. The van der Waals surface area contributed by atoms with Gasteiger partial charge in [0.25, 0.3) is 5.91 Å². The number of Topliss-reactive ketones (excluding diaryl/α,β-unsaturated/α-hetero) is 2. The van der Waals surface area contributed by atoms with Crippen molar-refractivity contribution in [2.24, 2.45) is 0 Å². The predicted octanol–water partition coefficient (Wildman–Crippen LogP) is 3.39. The summed E-state index contributed by atoms with van der Waals surface area (Å²) < 4.78 is 0. The van der Waals surface area contributed by atoms with Crippen molar-refractivity contribution in [2.45, 2.75) is 13.8 Å². The molecule has 0 bridgehead atoms. The monoisotopic (exact) mass is 310 g/mol. The third-order valence-corrected chi connectivity index (χ3v) is 3.42. The summed E-state index contributed by atoms with van der Waals surface area (Å²) in [5.74, 6) is -0.762. The molecule has 0 aromatic heterocycles. The lowest BCUT2D eigenvalue weighted by atomic mass is 10.0. The molecule has 0 saturated carbocycles. The molecule has 0 heterocycles. The van der Waals surface area contributed by atoms with Crippen LogP contribution in [-0.2, 0) is 0 Å². The van der Waals surface area contributed by atoms with Crippen molar-refractivity contribution in [3.05, 3.63) is 59.2 Å². The topological polar surface area (TPSA) is 75.3 Å². The second-order valence-electron chi connectivity index (χ2n) is 5.20. The van der Waals surface area contributed by atoms with Gasteiger partial charge < -0.3 is 10.6 Å². The Kier molecular flexibility index (Phi) is 4.91. The normalized spacial score (nSPS) is 10.0. The highest BCUT2D eigenvalue weighted by atomic mass is 16.2. The molecule has 0 spiro atoms. The zero-order valence-electron chi connectivity index (χ0n) is 13.3. The van der Waals surface area contributed by atoms with Crippen molar-refractivity contribution in [3.63, 3.8) is 0 Å². The Morgan fingerprint density at radius 1 is 0.783 bits per heavy atom. The van der Waals surface area contributed by atoms with E-state index in [4.69, 9.17) is 0 Å². The standard InChI is InChI=1S/C18H18N2O3/c1-11(21)13-7-14(12(2)22)9-15(8-13)18(23)20-17-6-4-5-16(10-17)19-3/h4-10,19H,1-3H3,(H,20,23). The van der Waals surface area contributed by atoms with Crippen LogP contribution < -0.4 is 10.6 Å². The zero-order chi connectivity index (χ0) is 17.0. The molecular formula is C18H18N2O3. The molecule has 0 aliphatic rings. The number of benzene rings is 2. The molecule has 0 aliphatic heterocycles. The van der Waals surface area contributed by atoms with E-state index < -0.39 is 0 Å². The highest BCUT2D eigenvalue weighted by Crippen LogP contribution is 2.17. The van der Waals surface area contributed by atoms with Gasteiger partial charge in [0.1, 0.15) is 0 Å². The van der Waals surface area contributed by atoms with Gasteiger partial charge in [0.2, 0.25) is 0 Å². The maximum atomic E-state index is 12.4. The molecule has 2 aromatic carbocycles. The van der Waals surface area contributed by atoms with Gasteiger partial charge in [-0.1, -0.05) is 6.07 Å². The van der Waals surface area contributed by atoms with Gasteiger partial charge in [0, 0.05) is 35.1 Å². The van der Waals surface area contributed by atoms with Crippen LogP contribution in [0.15, 0.2) is 42.5 Å². The number of rotatable bonds is 5. The van der Waals surface area contributed by atoms with Crippen molar-refractivity contribution >= 4 is 28.8 Å². The number of carbonyl (C=O) groups is 3. The van der Waals surface area contributed by atoms with Crippen molar-refractivity contribution in [1.29, 1.82) is 0 Å². The molecule has 0 radical (unpaired) electrons. The Labute approximate surface area is 134 Å². The lowest BCUT2D eigenvalue weighted by Crippen LogP contribution is -2.14. The fourth-order valence-electron chi connectivity index (χ4n) is 2.12. The molecule has 2 N–H and O–H groups in total. The van der Waals surface area contributed by atoms with E-state index in [1.165, 1.54) is 32.0 Å². The van der Waals surface area contributed by atoms with Gasteiger partial charge in [-0.2, -0.15) is 0 Å². The Hall–Kier alpha value is -2.95.